The third-order valence-electron chi connectivity index (χ3n) is 5.88. The van der Waals surface area contributed by atoms with E-state index < -0.39 is 0 Å². The number of hydrazine groups is 1. The fourth-order valence-electron chi connectivity index (χ4n) is 4.41. The monoisotopic (exact) mass is 364 g/mol. The van der Waals surface area contributed by atoms with Gasteiger partial charge in [-0.15, -0.1) is 0 Å². The van der Waals surface area contributed by atoms with Crippen molar-refractivity contribution in [3.05, 3.63) is 60.2 Å². The van der Waals surface area contributed by atoms with E-state index >= 15 is 0 Å². The standard InChI is InChI=1S/C22H28N4O/c23-22(27)20-8-4-5-13-26(20)15-19-14-24-25-21(19)18-11-9-17(10-12-18)16-6-2-1-3-7-16/h1-3,6-7,9-12,19-21,24-25H,4-5,8,13-15H2,(H2,23,27). The summed E-state index contributed by atoms with van der Waals surface area (Å²) in [5, 5.41) is 0. The van der Waals surface area contributed by atoms with Crippen LogP contribution in [0.1, 0.15) is 30.9 Å². The molecular weight excluding hydrogens is 336 g/mol. The van der Waals surface area contributed by atoms with Gasteiger partial charge in [-0.05, 0) is 36.1 Å². The molecule has 0 spiro atoms. The van der Waals surface area contributed by atoms with Crippen molar-refractivity contribution in [2.75, 3.05) is 19.6 Å². The van der Waals surface area contributed by atoms with Crippen LogP contribution in [0, 0.1) is 5.92 Å². The number of benzene rings is 2. The van der Waals surface area contributed by atoms with Gasteiger partial charge in [0, 0.05) is 19.0 Å². The SMILES string of the molecule is NC(=O)C1CCCCN1CC1CNNC1c1ccc(-c2ccccc2)cc1. The summed E-state index contributed by atoms with van der Waals surface area (Å²) in [6.07, 6.45) is 3.13. The van der Waals surface area contributed by atoms with Gasteiger partial charge >= 0.3 is 0 Å². The number of piperidine rings is 1. The van der Waals surface area contributed by atoms with E-state index in [0.29, 0.717) is 5.92 Å². The molecule has 2 fully saturated rings. The molecular formula is C22H28N4O. The van der Waals surface area contributed by atoms with Crippen molar-refractivity contribution < 1.29 is 4.79 Å². The zero-order valence-electron chi connectivity index (χ0n) is 15.6. The van der Waals surface area contributed by atoms with E-state index in [4.69, 9.17) is 5.73 Å². The number of hydrogen-bond donors (Lipinski definition) is 3. The van der Waals surface area contributed by atoms with Crippen molar-refractivity contribution in [2.45, 2.75) is 31.3 Å². The molecule has 2 aromatic rings. The number of rotatable bonds is 5. The van der Waals surface area contributed by atoms with Gasteiger partial charge in [0.1, 0.15) is 0 Å². The average Bonchev–Trinajstić information content (AvgIpc) is 3.17. The van der Waals surface area contributed by atoms with E-state index in [0.717, 1.165) is 38.9 Å². The van der Waals surface area contributed by atoms with E-state index in [9.17, 15) is 4.79 Å². The van der Waals surface area contributed by atoms with Gasteiger partial charge in [-0.2, -0.15) is 0 Å². The summed E-state index contributed by atoms with van der Waals surface area (Å²) < 4.78 is 0. The number of carbonyl (C=O) groups is 1. The molecule has 3 atom stereocenters. The molecule has 2 heterocycles. The smallest absolute Gasteiger partial charge is 0.234 e. The highest BCUT2D eigenvalue weighted by Gasteiger charge is 2.34. The molecule has 1 amide bonds. The van der Waals surface area contributed by atoms with Crippen LogP contribution in [-0.4, -0.2) is 36.5 Å². The number of nitrogens with one attached hydrogen (secondary N) is 2. The van der Waals surface area contributed by atoms with E-state index in [-0.39, 0.29) is 18.0 Å². The molecule has 0 aliphatic carbocycles. The third-order valence-corrected chi connectivity index (χ3v) is 5.88. The maximum Gasteiger partial charge on any atom is 0.234 e. The third kappa shape index (κ3) is 4.05. The van der Waals surface area contributed by atoms with E-state index in [1.807, 2.05) is 6.07 Å². The quantitative estimate of drug-likeness (QED) is 0.762. The van der Waals surface area contributed by atoms with Crippen molar-refractivity contribution in [1.82, 2.24) is 15.8 Å². The van der Waals surface area contributed by atoms with Crippen LogP contribution in [0.2, 0.25) is 0 Å². The highest BCUT2D eigenvalue weighted by molar-refractivity contribution is 5.79. The highest BCUT2D eigenvalue weighted by Crippen LogP contribution is 2.29. The van der Waals surface area contributed by atoms with Crippen LogP contribution >= 0.6 is 0 Å². The predicted molar refractivity (Wildman–Crippen MR) is 108 cm³/mol. The lowest BCUT2D eigenvalue weighted by Crippen LogP contribution is -2.50. The summed E-state index contributed by atoms with van der Waals surface area (Å²) in [5.74, 6) is 0.227. The first kappa shape index (κ1) is 18.2. The Labute approximate surface area is 160 Å². The molecule has 3 unspecified atom stereocenters. The molecule has 0 saturated carbocycles. The average molecular weight is 364 g/mol. The molecule has 0 bridgehead atoms. The molecule has 0 radical (unpaired) electrons. The number of likely N-dealkylation sites (tertiary alicyclic amines) is 1. The predicted octanol–water partition coefficient (Wildman–Crippen LogP) is 2.46. The molecule has 2 aliphatic rings. The molecule has 5 heteroatoms. The van der Waals surface area contributed by atoms with E-state index in [1.54, 1.807) is 0 Å². The number of amides is 1. The minimum Gasteiger partial charge on any atom is -0.368 e. The maximum absolute atomic E-state index is 11.8. The van der Waals surface area contributed by atoms with E-state index in [1.165, 1.54) is 16.7 Å². The molecule has 2 aromatic carbocycles. The van der Waals surface area contributed by atoms with Gasteiger partial charge in [0.25, 0.3) is 0 Å². The number of hydrogen-bond acceptors (Lipinski definition) is 4. The van der Waals surface area contributed by atoms with Crippen molar-refractivity contribution in [2.24, 2.45) is 11.7 Å². The lowest BCUT2D eigenvalue weighted by Gasteiger charge is -2.36. The summed E-state index contributed by atoms with van der Waals surface area (Å²) in [6, 6.07) is 19.4. The lowest BCUT2D eigenvalue weighted by atomic mass is 9.91. The topological polar surface area (TPSA) is 70.4 Å². The molecule has 27 heavy (non-hydrogen) atoms. The van der Waals surface area contributed by atoms with Crippen molar-refractivity contribution >= 4 is 5.91 Å². The van der Waals surface area contributed by atoms with Crippen LogP contribution in [0.15, 0.2) is 54.6 Å². The Hall–Kier alpha value is -2.21. The first-order valence-corrected chi connectivity index (χ1v) is 9.89. The minimum absolute atomic E-state index is 0.111. The lowest BCUT2D eigenvalue weighted by molar-refractivity contribution is -0.124. The first-order valence-electron chi connectivity index (χ1n) is 9.89. The molecule has 0 aromatic heterocycles. The fraction of sp³-hybridized carbons (Fsp3) is 0.409. The Morgan fingerprint density at radius 2 is 1.78 bits per heavy atom. The van der Waals surface area contributed by atoms with Gasteiger partial charge in [-0.1, -0.05) is 61.0 Å². The summed E-state index contributed by atoms with van der Waals surface area (Å²) >= 11 is 0. The van der Waals surface area contributed by atoms with Gasteiger partial charge in [0.2, 0.25) is 5.91 Å². The fourth-order valence-corrected chi connectivity index (χ4v) is 4.41. The number of primary amides is 1. The summed E-state index contributed by atoms with van der Waals surface area (Å²) in [4.78, 5) is 14.1. The Balaban J connectivity index is 1.47. The van der Waals surface area contributed by atoms with Gasteiger partial charge < -0.3 is 5.73 Å². The summed E-state index contributed by atoms with van der Waals surface area (Å²) in [6.45, 7) is 2.75. The van der Waals surface area contributed by atoms with Crippen LogP contribution in [0.5, 0.6) is 0 Å². The summed E-state index contributed by atoms with van der Waals surface area (Å²) in [7, 11) is 0. The van der Waals surface area contributed by atoms with Crippen LogP contribution in [0.4, 0.5) is 0 Å². The molecule has 2 saturated heterocycles. The van der Waals surface area contributed by atoms with Crippen LogP contribution in [0.25, 0.3) is 11.1 Å². The van der Waals surface area contributed by atoms with E-state index in [2.05, 4.69) is 64.3 Å². The molecule has 142 valence electrons. The first-order chi connectivity index (χ1) is 13.2. The largest absolute Gasteiger partial charge is 0.368 e. The van der Waals surface area contributed by atoms with Crippen molar-refractivity contribution in [3.8, 4) is 11.1 Å². The summed E-state index contributed by atoms with van der Waals surface area (Å²) in [5.41, 5.74) is 16.1. The second kappa shape index (κ2) is 8.21. The Morgan fingerprint density at radius 3 is 2.52 bits per heavy atom. The number of carbonyl (C=O) groups excluding carboxylic acids is 1. The number of nitrogens with zero attached hydrogens (tertiary/aromatic N) is 1. The number of nitrogens with two attached hydrogens (primary N) is 1. The zero-order chi connectivity index (χ0) is 18.6. The molecule has 4 rings (SSSR count). The Kier molecular flexibility index (Phi) is 5.53. The highest BCUT2D eigenvalue weighted by atomic mass is 16.1. The van der Waals surface area contributed by atoms with Gasteiger partial charge in [-0.25, -0.2) is 5.43 Å². The van der Waals surface area contributed by atoms with Crippen LogP contribution < -0.4 is 16.6 Å². The normalized spacial score (nSPS) is 26.1. The zero-order valence-corrected chi connectivity index (χ0v) is 15.6. The van der Waals surface area contributed by atoms with Crippen LogP contribution in [0.3, 0.4) is 0 Å². The van der Waals surface area contributed by atoms with Gasteiger partial charge in [0.05, 0.1) is 12.1 Å². The molecule has 5 nitrogen and oxygen atoms in total. The molecule has 4 N–H and O–H groups in total. The minimum atomic E-state index is -0.183. The second-order valence-corrected chi connectivity index (χ2v) is 7.66. The Bertz CT molecular complexity index is 762. The second-order valence-electron chi connectivity index (χ2n) is 7.66. The van der Waals surface area contributed by atoms with Gasteiger partial charge in [-0.3, -0.25) is 15.1 Å². The molecule has 2 aliphatic heterocycles. The van der Waals surface area contributed by atoms with Crippen LogP contribution in [-0.2, 0) is 4.79 Å². The van der Waals surface area contributed by atoms with Gasteiger partial charge in [0.15, 0.2) is 0 Å². The van der Waals surface area contributed by atoms with Crippen molar-refractivity contribution in [3.63, 3.8) is 0 Å². The van der Waals surface area contributed by atoms with Crippen molar-refractivity contribution in [1.29, 1.82) is 0 Å². The maximum atomic E-state index is 11.8. The Morgan fingerprint density at radius 1 is 1.04 bits per heavy atom.